The molecule has 81 valence electrons. The number of nitrogens with one attached hydrogen (secondary N) is 1. The number of amides is 1. The summed E-state index contributed by atoms with van der Waals surface area (Å²) < 4.78 is 0. The average molecular weight is 199 g/mol. The van der Waals surface area contributed by atoms with E-state index in [4.69, 9.17) is 5.11 Å². The molecule has 1 radical (unpaired) electrons. The molecule has 0 aromatic carbocycles. The van der Waals surface area contributed by atoms with E-state index < -0.39 is 6.09 Å². The molecule has 0 aromatic rings. The summed E-state index contributed by atoms with van der Waals surface area (Å²) in [6.45, 7) is 6.36. The summed E-state index contributed by atoms with van der Waals surface area (Å²) in [6.07, 6.45) is 1.07. The fourth-order valence-corrected chi connectivity index (χ4v) is 1.81. The first-order chi connectivity index (χ1) is 6.61. The van der Waals surface area contributed by atoms with Crippen molar-refractivity contribution in [1.29, 1.82) is 0 Å². The SMILES string of the molecule is C[C](C)CN(C(=O)O)C1CCNCC1. The summed E-state index contributed by atoms with van der Waals surface area (Å²) in [5, 5.41) is 12.3. The highest BCUT2D eigenvalue weighted by Gasteiger charge is 2.25. The van der Waals surface area contributed by atoms with Crippen LogP contribution in [0.1, 0.15) is 26.7 Å². The summed E-state index contributed by atoms with van der Waals surface area (Å²) in [5.74, 6) is 1.14. The first-order valence-corrected chi connectivity index (χ1v) is 5.10. The molecule has 0 bridgehead atoms. The number of carboxylic acid groups (broad SMARTS) is 1. The van der Waals surface area contributed by atoms with Crippen LogP contribution in [0, 0.1) is 5.92 Å². The van der Waals surface area contributed by atoms with Gasteiger partial charge in [-0.05, 0) is 31.8 Å². The van der Waals surface area contributed by atoms with Crippen LogP contribution in [-0.2, 0) is 0 Å². The van der Waals surface area contributed by atoms with Gasteiger partial charge < -0.3 is 15.3 Å². The van der Waals surface area contributed by atoms with E-state index in [1.54, 1.807) is 4.90 Å². The van der Waals surface area contributed by atoms with Crippen LogP contribution in [0.4, 0.5) is 4.79 Å². The van der Waals surface area contributed by atoms with E-state index in [1.165, 1.54) is 0 Å². The third-order valence-corrected chi connectivity index (χ3v) is 2.48. The molecule has 0 aliphatic carbocycles. The fourth-order valence-electron chi connectivity index (χ4n) is 1.81. The molecule has 0 unspecified atom stereocenters. The summed E-state index contributed by atoms with van der Waals surface area (Å²) >= 11 is 0. The van der Waals surface area contributed by atoms with Gasteiger partial charge in [0, 0.05) is 12.6 Å². The normalized spacial score (nSPS) is 18.5. The van der Waals surface area contributed by atoms with Gasteiger partial charge in [-0.1, -0.05) is 13.8 Å². The lowest BCUT2D eigenvalue weighted by Gasteiger charge is -2.33. The van der Waals surface area contributed by atoms with Crippen molar-refractivity contribution in [2.75, 3.05) is 19.6 Å². The fraction of sp³-hybridized carbons (Fsp3) is 0.800. The molecule has 14 heavy (non-hydrogen) atoms. The Morgan fingerprint density at radius 1 is 1.43 bits per heavy atom. The molecule has 1 rings (SSSR count). The molecule has 4 nitrogen and oxygen atoms in total. The van der Waals surface area contributed by atoms with Crippen LogP contribution in [-0.4, -0.2) is 41.8 Å². The molecule has 0 spiro atoms. The predicted molar refractivity (Wildman–Crippen MR) is 55.2 cm³/mol. The van der Waals surface area contributed by atoms with Crippen LogP contribution in [0.3, 0.4) is 0 Å². The van der Waals surface area contributed by atoms with Crippen molar-refractivity contribution in [2.45, 2.75) is 32.7 Å². The lowest BCUT2D eigenvalue weighted by atomic mass is 10.0. The van der Waals surface area contributed by atoms with Crippen molar-refractivity contribution in [2.24, 2.45) is 0 Å². The summed E-state index contributed by atoms with van der Waals surface area (Å²) in [4.78, 5) is 12.6. The van der Waals surface area contributed by atoms with E-state index in [2.05, 4.69) is 5.32 Å². The first-order valence-electron chi connectivity index (χ1n) is 5.10. The maximum absolute atomic E-state index is 11.0. The summed E-state index contributed by atoms with van der Waals surface area (Å²) in [6, 6.07) is 0.198. The minimum Gasteiger partial charge on any atom is -0.465 e. The molecule has 1 fully saturated rings. The van der Waals surface area contributed by atoms with Crippen molar-refractivity contribution >= 4 is 6.09 Å². The highest BCUT2D eigenvalue weighted by molar-refractivity contribution is 5.65. The Morgan fingerprint density at radius 2 is 2.00 bits per heavy atom. The van der Waals surface area contributed by atoms with Crippen LogP contribution in [0.15, 0.2) is 0 Å². The highest BCUT2D eigenvalue weighted by atomic mass is 16.4. The Bertz CT molecular complexity index is 189. The molecule has 1 amide bonds. The molecule has 1 heterocycles. The van der Waals surface area contributed by atoms with Crippen molar-refractivity contribution in [3.63, 3.8) is 0 Å². The van der Waals surface area contributed by atoms with Gasteiger partial charge in [0.25, 0.3) is 0 Å². The third-order valence-electron chi connectivity index (χ3n) is 2.48. The number of hydrogen-bond donors (Lipinski definition) is 2. The number of carbonyl (C=O) groups is 1. The van der Waals surface area contributed by atoms with Crippen LogP contribution in [0.2, 0.25) is 0 Å². The number of piperidine rings is 1. The van der Waals surface area contributed by atoms with Gasteiger partial charge in [0.1, 0.15) is 0 Å². The van der Waals surface area contributed by atoms with Crippen LogP contribution in [0.5, 0.6) is 0 Å². The Kier molecular flexibility index (Phi) is 4.20. The van der Waals surface area contributed by atoms with Crippen molar-refractivity contribution in [1.82, 2.24) is 10.2 Å². The molecule has 1 aliphatic rings. The van der Waals surface area contributed by atoms with Gasteiger partial charge in [-0.2, -0.15) is 0 Å². The lowest BCUT2D eigenvalue weighted by molar-refractivity contribution is 0.116. The molecule has 0 saturated carbocycles. The maximum Gasteiger partial charge on any atom is 0.407 e. The summed E-state index contributed by atoms with van der Waals surface area (Å²) in [7, 11) is 0. The van der Waals surface area contributed by atoms with E-state index >= 15 is 0 Å². The van der Waals surface area contributed by atoms with E-state index in [9.17, 15) is 4.79 Å². The zero-order chi connectivity index (χ0) is 10.6. The Labute approximate surface area is 85.3 Å². The zero-order valence-corrected chi connectivity index (χ0v) is 8.92. The molecule has 4 heteroatoms. The molecule has 1 aliphatic heterocycles. The van der Waals surface area contributed by atoms with Crippen LogP contribution in [0.25, 0.3) is 0 Å². The summed E-state index contributed by atoms with van der Waals surface area (Å²) in [5.41, 5.74) is 0. The highest BCUT2D eigenvalue weighted by Crippen LogP contribution is 2.14. The van der Waals surface area contributed by atoms with Gasteiger partial charge in [0.2, 0.25) is 0 Å². The predicted octanol–water partition coefficient (Wildman–Crippen LogP) is 1.33. The number of rotatable bonds is 3. The molecule has 2 N–H and O–H groups in total. The van der Waals surface area contributed by atoms with Gasteiger partial charge in [0.15, 0.2) is 0 Å². The average Bonchev–Trinajstić information content (AvgIpc) is 2.15. The van der Waals surface area contributed by atoms with E-state index in [0.717, 1.165) is 31.8 Å². The van der Waals surface area contributed by atoms with Crippen molar-refractivity contribution in [3.05, 3.63) is 5.92 Å². The second kappa shape index (κ2) is 5.20. The standard InChI is InChI=1S/C10H19N2O2/c1-8(2)7-12(10(13)14)9-3-5-11-6-4-9/h9,11H,3-7H2,1-2H3,(H,13,14). The maximum atomic E-state index is 11.0. The minimum absolute atomic E-state index is 0.198. The van der Waals surface area contributed by atoms with Gasteiger partial charge in [0.05, 0.1) is 0 Å². The van der Waals surface area contributed by atoms with Crippen LogP contribution >= 0.6 is 0 Å². The second-order valence-corrected chi connectivity index (χ2v) is 4.10. The number of nitrogens with zero attached hydrogens (tertiary/aromatic N) is 1. The van der Waals surface area contributed by atoms with Gasteiger partial charge in [-0.15, -0.1) is 0 Å². The van der Waals surface area contributed by atoms with Gasteiger partial charge in [-0.25, -0.2) is 4.79 Å². The quantitative estimate of drug-likeness (QED) is 0.721. The van der Waals surface area contributed by atoms with Crippen LogP contribution < -0.4 is 5.32 Å². The zero-order valence-electron chi connectivity index (χ0n) is 8.92. The third kappa shape index (κ3) is 3.18. The molecule has 0 atom stereocenters. The Morgan fingerprint density at radius 3 is 2.43 bits per heavy atom. The van der Waals surface area contributed by atoms with E-state index in [0.29, 0.717) is 6.54 Å². The molecular formula is C10H19N2O2. The van der Waals surface area contributed by atoms with E-state index in [-0.39, 0.29) is 6.04 Å². The first kappa shape index (κ1) is 11.3. The monoisotopic (exact) mass is 199 g/mol. The Hall–Kier alpha value is -0.770. The lowest BCUT2D eigenvalue weighted by Crippen LogP contribution is -2.46. The minimum atomic E-state index is -0.793. The molecule has 0 aromatic heterocycles. The Balaban J connectivity index is 2.51. The largest absolute Gasteiger partial charge is 0.465 e. The smallest absolute Gasteiger partial charge is 0.407 e. The second-order valence-electron chi connectivity index (χ2n) is 4.10. The van der Waals surface area contributed by atoms with Gasteiger partial charge in [-0.3, -0.25) is 0 Å². The number of hydrogen-bond acceptors (Lipinski definition) is 2. The molecular weight excluding hydrogens is 180 g/mol. The molecule has 1 saturated heterocycles. The van der Waals surface area contributed by atoms with Crippen molar-refractivity contribution in [3.8, 4) is 0 Å². The van der Waals surface area contributed by atoms with E-state index in [1.807, 2.05) is 13.8 Å². The van der Waals surface area contributed by atoms with Gasteiger partial charge >= 0.3 is 6.09 Å². The topological polar surface area (TPSA) is 52.6 Å². The van der Waals surface area contributed by atoms with Crippen molar-refractivity contribution < 1.29 is 9.90 Å².